The quantitative estimate of drug-likeness (QED) is 0.263. The molecular weight excluding hydrogens is 504 g/mol. The van der Waals surface area contributed by atoms with Gasteiger partial charge in [-0.15, -0.1) is 0 Å². The summed E-state index contributed by atoms with van der Waals surface area (Å²) in [7, 11) is -1.80. The lowest BCUT2D eigenvalue weighted by atomic mass is 9.32. The molecule has 4 unspecified atom stereocenters. The number of hydrogen-bond donors (Lipinski definition) is 1. The van der Waals surface area contributed by atoms with E-state index in [9.17, 15) is 5.11 Å². The van der Waals surface area contributed by atoms with Gasteiger partial charge in [0.1, 0.15) is 0 Å². The monoisotopic (exact) mass is 570 g/mol. The van der Waals surface area contributed by atoms with Gasteiger partial charge in [-0.2, -0.15) is 0 Å². The summed E-state index contributed by atoms with van der Waals surface area (Å²) in [5.74, 6) is 4.24. The number of aliphatic hydroxyl groups excluding tert-OH is 1. The van der Waals surface area contributed by atoms with E-state index in [2.05, 4.69) is 82.0 Å². The molecule has 11 atom stereocenters. The lowest BCUT2D eigenvalue weighted by molar-refractivity contribution is -0.248. The maximum absolute atomic E-state index is 10.8. The second-order valence-corrected chi connectivity index (χ2v) is 23.5. The molecule has 0 saturated heterocycles. The second-order valence-electron chi connectivity index (χ2n) is 18.7. The predicted octanol–water partition coefficient (Wildman–Crippen LogP) is 10.3. The molecule has 0 aromatic heterocycles. The minimum absolute atomic E-state index is 0.151. The first-order chi connectivity index (χ1) is 18.3. The molecule has 1 N–H and O–H groups in total. The van der Waals surface area contributed by atoms with E-state index in [1.54, 1.807) is 0 Å². The van der Waals surface area contributed by atoms with Crippen LogP contribution in [0.3, 0.4) is 0 Å². The van der Waals surface area contributed by atoms with E-state index in [0.29, 0.717) is 34.7 Å². The van der Waals surface area contributed by atoms with Crippen molar-refractivity contribution in [2.45, 2.75) is 145 Å². The Labute approximate surface area is 250 Å². The molecule has 3 heteroatoms. The largest absolute Gasteiger partial charge is 0.416 e. The van der Waals surface area contributed by atoms with E-state index >= 15 is 0 Å². The molecule has 0 radical (unpaired) electrons. The normalized spacial score (nSPS) is 50.9. The van der Waals surface area contributed by atoms with Crippen LogP contribution in [-0.2, 0) is 4.43 Å². The average Bonchev–Trinajstić information content (AvgIpc) is 3.26. The Bertz CT molecular complexity index is 997. The highest BCUT2D eigenvalue weighted by Gasteiger charge is 2.71. The van der Waals surface area contributed by atoms with Crippen molar-refractivity contribution >= 4 is 8.32 Å². The third kappa shape index (κ3) is 4.12. The molecule has 5 rings (SSSR count). The smallest absolute Gasteiger partial charge is 0.192 e. The second kappa shape index (κ2) is 9.69. The first kappa shape index (κ1) is 31.3. The zero-order chi connectivity index (χ0) is 29.7. The summed E-state index contributed by atoms with van der Waals surface area (Å²) in [6.07, 6.45) is 13.2. The zero-order valence-electron chi connectivity index (χ0n) is 28.5. The Morgan fingerprint density at radius 3 is 2.15 bits per heavy atom. The molecular formula is C37H66O2Si. The summed E-state index contributed by atoms with van der Waals surface area (Å²) in [5, 5.41) is 11.1. The fourth-order valence-corrected chi connectivity index (χ4v) is 13.5. The molecule has 5 fully saturated rings. The summed E-state index contributed by atoms with van der Waals surface area (Å²) in [6.45, 7) is 33.6. The lowest BCUT2D eigenvalue weighted by Crippen LogP contribution is -2.67. The van der Waals surface area contributed by atoms with Crippen LogP contribution in [0.1, 0.15) is 127 Å². The van der Waals surface area contributed by atoms with E-state index in [0.717, 1.165) is 30.3 Å². The summed E-state index contributed by atoms with van der Waals surface area (Å²) >= 11 is 0. The van der Waals surface area contributed by atoms with Crippen LogP contribution in [0.2, 0.25) is 18.1 Å². The van der Waals surface area contributed by atoms with Crippen molar-refractivity contribution in [2.24, 2.45) is 62.6 Å². The number of allylic oxidation sites excluding steroid dienone is 1. The number of fused-ring (bicyclic) bond motifs is 7. The highest BCUT2D eigenvalue weighted by atomic mass is 28.4. The van der Waals surface area contributed by atoms with E-state index in [-0.39, 0.29) is 15.9 Å². The molecule has 0 bridgehead atoms. The average molecular weight is 571 g/mol. The van der Waals surface area contributed by atoms with Crippen molar-refractivity contribution in [3.8, 4) is 0 Å². The molecule has 230 valence electrons. The van der Waals surface area contributed by atoms with Crippen LogP contribution in [0.5, 0.6) is 0 Å². The van der Waals surface area contributed by atoms with Crippen LogP contribution in [0.25, 0.3) is 0 Å². The van der Waals surface area contributed by atoms with E-state index in [1.807, 2.05) is 0 Å². The van der Waals surface area contributed by atoms with Gasteiger partial charge < -0.3 is 9.53 Å². The SMILES string of the molecule is C=C(C)[C@@H]1CC[C@]2(CO)CC[C@]3(C)C(CCC4[C@@]5(C)CC[C@H](C)[C@@](C)(CO[Si](C)(C)C(C)(C)C)C5CC[C@]43C)C12. The highest BCUT2D eigenvalue weighted by Crippen LogP contribution is 2.77. The maximum atomic E-state index is 10.8. The van der Waals surface area contributed by atoms with Crippen molar-refractivity contribution in [3.63, 3.8) is 0 Å². The molecule has 0 aromatic carbocycles. The minimum atomic E-state index is -1.80. The van der Waals surface area contributed by atoms with Gasteiger partial charge in [0.15, 0.2) is 8.32 Å². The third-order valence-corrected chi connectivity index (χ3v) is 20.9. The van der Waals surface area contributed by atoms with Crippen molar-refractivity contribution in [3.05, 3.63) is 12.2 Å². The summed E-state index contributed by atoms with van der Waals surface area (Å²) in [6, 6.07) is 0. The van der Waals surface area contributed by atoms with Crippen LogP contribution < -0.4 is 0 Å². The third-order valence-electron chi connectivity index (χ3n) is 16.4. The fourth-order valence-electron chi connectivity index (χ4n) is 12.4. The van der Waals surface area contributed by atoms with Gasteiger partial charge in [0, 0.05) is 13.2 Å². The van der Waals surface area contributed by atoms with Gasteiger partial charge in [0.2, 0.25) is 0 Å². The minimum Gasteiger partial charge on any atom is -0.416 e. The van der Waals surface area contributed by atoms with Gasteiger partial charge in [-0.25, -0.2) is 0 Å². The highest BCUT2D eigenvalue weighted by molar-refractivity contribution is 6.74. The summed E-state index contributed by atoms with van der Waals surface area (Å²) in [5.41, 5.74) is 2.93. The number of hydrogen-bond acceptors (Lipinski definition) is 2. The van der Waals surface area contributed by atoms with Gasteiger partial charge in [0.25, 0.3) is 0 Å². The zero-order valence-corrected chi connectivity index (χ0v) is 29.5. The molecule has 5 aliphatic rings. The summed E-state index contributed by atoms with van der Waals surface area (Å²) in [4.78, 5) is 0. The Balaban J connectivity index is 1.48. The molecule has 5 saturated carbocycles. The van der Waals surface area contributed by atoms with Gasteiger partial charge >= 0.3 is 0 Å². The van der Waals surface area contributed by atoms with Crippen LogP contribution in [0, 0.1) is 62.6 Å². The summed E-state index contributed by atoms with van der Waals surface area (Å²) < 4.78 is 7.08. The Morgan fingerprint density at radius 2 is 1.55 bits per heavy atom. The molecule has 0 aliphatic heterocycles. The molecule has 5 aliphatic carbocycles. The standard InChI is InChI=1S/C37H66O2Si/c1-25(2)27-16-20-37(23-38)22-21-35(9)28(31(27)37)13-14-30-33(7)18-15-26(3)34(8,29(33)17-19-36(30,35)10)24-39-40(11,12)32(4,5)6/h26-31,38H,1,13-24H2,2-12H3/t26-,27-,28?,29?,30?,31?,33-,34+,35+,36+,37+/m0/s1. The molecule has 0 heterocycles. The van der Waals surface area contributed by atoms with Crippen molar-refractivity contribution in [1.29, 1.82) is 0 Å². The molecule has 0 spiro atoms. The lowest BCUT2D eigenvalue weighted by Gasteiger charge is -2.73. The Hall–Kier alpha value is -0.123. The molecule has 0 amide bonds. The van der Waals surface area contributed by atoms with Crippen molar-refractivity contribution < 1.29 is 9.53 Å². The van der Waals surface area contributed by atoms with Crippen LogP contribution >= 0.6 is 0 Å². The van der Waals surface area contributed by atoms with E-state index < -0.39 is 8.32 Å². The van der Waals surface area contributed by atoms with Gasteiger partial charge in [0.05, 0.1) is 0 Å². The van der Waals surface area contributed by atoms with E-state index in [1.165, 1.54) is 69.8 Å². The number of aliphatic hydroxyl groups is 1. The van der Waals surface area contributed by atoms with E-state index in [4.69, 9.17) is 4.43 Å². The predicted molar refractivity (Wildman–Crippen MR) is 173 cm³/mol. The maximum Gasteiger partial charge on any atom is 0.192 e. The van der Waals surface area contributed by atoms with Gasteiger partial charge in [-0.3, -0.25) is 0 Å². The van der Waals surface area contributed by atoms with Crippen LogP contribution in [-0.4, -0.2) is 26.6 Å². The molecule has 0 aromatic rings. The fraction of sp³-hybridized carbons (Fsp3) is 0.946. The van der Waals surface area contributed by atoms with Crippen LogP contribution in [0.4, 0.5) is 0 Å². The molecule has 40 heavy (non-hydrogen) atoms. The van der Waals surface area contributed by atoms with Gasteiger partial charge in [-0.1, -0.05) is 67.5 Å². The van der Waals surface area contributed by atoms with Crippen LogP contribution in [0.15, 0.2) is 12.2 Å². The molecule has 2 nitrogen and oxygen atoms in total. The van der Waals surface area contributed by atoms with Crippen molar-refractivity contribution in [2.75, 3.05) is 13.2 Å². The first-order valence-electron chi connectivity index (χ1n) is 17.2. The Kier molecular flexibility index (Phi) is 7.58. The topological polar surface area (TPSA) is 29.5 Å². The van der Waals surface area contributed by atoms with Gasteiger partial charge in [-0.05, 0) is 152 Å². The first-order valence-corrected chi connectivity index (χ1v) is 20.1. The van der Waals surface area contributed by atoms with Crippen molar-refractivity contribution in [1.82, 2.24) is 0 Å². The number of rotatable bonds is 5. The Morgan fingerprint density at radius 1 is 0.875 bits per heavy atom.